The van der Waals surface area contributed by atoms with Crippen molar-refractivity contribution in [3.63, 3.8) is 0 Å². The van der Waals surface area contributed by atoms with E-state index in [1.165, 1.54) is 7.11 Å². The van der Waals surface area contributed by atoms with Crippen LogP contribution in [0.1, 0.15) is 33.1 Å². The molecule has 3 aliphatic carbocycles. The van der Waals surface area contributed by atoms with Crippen molar-refractivity contribution in [2.75, 3.05) is 7.11 Å². The zero-order chi connectivity index (χ0) is 14.9. The number of ketones is 2. The van der Waals surface area contributed by atoms with Crippen LogP contribution in [0.4, 0.5) is 0 Å². The molecule has 0 bridgehead atoms. The Balaban J connectivity index is 1.96. The summed E-state index contributed by atoms with van der Waals surface area (Å²) in [5.41, 5.74) is -0.494. The van der Waals surface area contributed by atoms with Crippen LogP contribution in [0.15, 0.2) is 12.2 Å². The summed E-state index contributed by atoms with van der Waals surface area (Å²) in [4.78, 5) is 36.0. The van der Waals surface area contributed by atoms with Crippen LogP contribution in [0.25, 0.3) is 0 Å². The fourth-order valence-electron chi connectivity index (χ4n) is 4.99. The molecule has 0 aromatic rings. The standard InChI is InChI=1S/C16H20O4/c1-8-12(17)13(18)10-5-9-6-15(2,14(19)20-4)7-11(9)16(8,10)3/h9-11H,1,5-7H2,2-4H3/t9-,10-,11+,15-,16+/m0/s1. The van der Waals surface area contributed by atoms with E-state index in [0.717, 1.165) is 6.42 Å². The second kappa shape index (κ2) is 3.80. The molecular formula is C16H20O4. The third kappa shape index (κ3) is 1.34. The molecule has 4 nitrogen and oxygen atoms in total. The molecule has 3 rings (SSSR count). The van der Waals surface area contributed by atoms with Crippen molar-refractivity contribution in [2.24, 2.45) is 28.6 Å². The second-order valence-electron chi connectivity index (χ2n) is 7.07. The number of rotatable bonds is 1. The van der Waals surface area contributed by atoms with Gasteiger partial charge < -0.3 is 4.74 Å². The average Bonchev–Trinajstić information content (AvgIpc) is 2.95. The van der Waals surface area contributed by atoms with E-state index < -0.39 is 16.6 Å². The van der Waals surface area contributed by atoms with E-state index in [2.05, 4.69) is 6.58 Å². The molecular weight excluding hydrogens is 256 g/mol. The fraction of sp³-hybridized carbons (Fsp3) is 0.688. The summed E-state index contributed by atoms with van der Waals surface area (Å²) in [5, 5.41) is 0. The number of hydrogen-bond donors (Lipinski definition) is 0. The minimum Gasteiger partial charge on any atom is -0.469 e. The molecule has 0 spiro atoms. The molecule has 3 fully saturated rings. The van der Waals surface area contributed by atoms with Gasteiger partial charge in [-0.2, -0.15) is 0 Å². The van der Waals surface area contributed by atoms with Gasteiger partial charge in [0.05, 0.1) is 12.5 Å². The van der Waals surface area contributed by atoms with Gasteiger partial charge in [-0.15, -0.1) is 0 Å². The van der Waals surface area contributed by atoms with E-state index in [4.69, 9.17) is 4.74 Å². The average molecular weight is 276 g/mol. The van der Waals surface area contributed by atoms with Crippen molar-refractivity contribution in [3.8, 4) is 0 Å². The fourth-order valence-corrected chi connectivity index (χ4v) is 4.99. The minimum atomic E-state index is -0.493. The Morgan fingerprint density at radius 1 is 1.30 bits per heavy atom. The molecule has 0 radical (unpaired) electrons. The van der Waals surface area contributed by atoms with Crippen LogP contribution < -0.4 is 0 Å². The molecule has 0 saturated heterocycles. The van der Waals surface area contributed by atoms with Gasteiger partial charge in [0.25, 0.3) is 0 Å². The summed E-state index contributed by atoms with van der Waals surface area (Å²) in [6.07, 6.45) is 2.12. The molecule has 0 heterocycles. The molecule has 0 unspecified atom stereocenters. The lowest BCUT2D eigenvalue weighted by atomic mass is 9.70. The van der Waals surface area contributed by atoms with Gasteiger partial charge in [0, 0.05) is 16.9 Å². The van der Waals surface area contributed by atoms with Gasteiger partial charge in [0.1, 0.15) is 0 Å². The number of carbonyl (C=O) groups excluding carboxylic acids is 3. The predicted octanol–water partition coefficient (Wildman–Crippen LogP) is 1.93. The second-order valence-corrected chi connectivity index (χ2v) is 7.07. The topological polar surface area (TPSA) is 60.4 Å². The molecule has 108 valence electrons. The van der Waals surface area contributed by atoms with Crippen LogP contribution in [-0.2, 0) is 19.1 Å². The van der Waals surface area contributed by atoms with E-state index in [-0.39, 0.29) is 23.6 Å². The van der Waals surface area contributed by atoms with E-state index >= 15 is 0 Å². The van der Waals surface area contributed by atoms with Gasteiger partial charge in [-0.05, 0) is 38.0 Å². The zero-order valence-corrected chi connectivity index (χ0v) is 12.2. The summed E-state index contributed by atoms with van der Waals surface area (Å²) in [7, 11) is 1.41. The Morgan fingerprint density at radius 3 is 2.55 bits per heavy atom. The molecule has 5 atom stereocenters. The number of carbonyl (C=O) groups is 3. The van der Waals surface area contributed by atoms with Crippen molar-refractivity contribution in [3.05, 3.63) is 12.2 Å². The lowest BCUT2D eigenvalue weighted by molar-refractivity contribution is -0.152. The van der Waals surface area contributed by atoms with Crippen LogP contribution in [0.3, 0.4) is 0 Å². The maximum Gasteiger partial charge on any atom is 0.311 e. The van der Waals surface area contributed by atoms with Gasteiger partial charge in [-0.3, -0.25) is 14.4 Å². The van der Waals surface area contributed by atoms with Crippen LogP contribution >= 0.6 is 0 Å². The number of methoxy groups -OCH3 is 1. The Morgan fingerprint density at radius 2 is 1.95 bits per heavy atom. The first-order valence-corrected chi connectivity index (χ1v) is 7.12. The predicted molar refractivity (Wildman–Crippen MR) is 71.7 cm³/mol. The molecule has 20 heavy (non-hydrogen) atoms. The largest absolute Gasteiger partial charge is 0.469 e. The monoisotopic (exact) mass is 276 g/mol. The van der Waals surface area contributed by atoms with Gasteiger partial charge in [-0.25, -0.2) is 0 Å². The Bertz CT molecular complexity index is 549. The highest BCUT2D eigenvalue weighted by Gasteiger charge is 2.67. The lowest BCUT2D eigenvalue weighted by Gasteiger charge is -2.32. The van der Waals surface area contributed by atoms with Gasteiger partial charge in [0.2, 0.25) is 11.6 Å². The molecule has 0 amide bonds. The lowest BCUT2D eigenvalue weighted by Crippen LogP contribution is -2.32. The highest BCUT2D eigenvalue weighted by atomic mass is 16.5. The number of hydrogen-bond acceptors (Lipinski definition) is 4. The summed E-state index contributed by atoms with van der Waals surface area (Å²) in [6.45, 7) is 7.80. The van der Waals surface area contributed by atoms with Crippen molar-refractivity contribution in [1.82, 2.24) is 0 Å². The normalized spacial score (nSPS) is 46.5. The SMILES string of the molecule is C=C1C(=O)C(=O)[C@@H]2C[C@H]3C[C@](C)(C(=O)OC)C[C@H]3[C@]12C. The number of allylic oxidation sites excluding steroid dienone is 1. The van der Waals surface area contributed by atoms with Crippen molar-refractivity contribution < 1.29 is 19.1 Å². The third-order valence-electron chi connectivity index (χ3n) is 6.13. The number of Topliss-reactive ketones (excluding diaryl/α,β-unsaturated/α-hetero) is 2. The number of esters is 1. The summed E-state index contributed by atoms with van der Waals surface area (Å²) in [5.74, 6) is -0.593. The van der Waals surface area contributed by atoms with E-state index in [1.54, 1.807) is 0 Å². The first kappa shape index (κ1) is 13.5. The van der Waals surface area contributed by atoms with Crippen molar-refractivity contribution >= 4 is 17.5 Å². The van der Waals surface area contributed by atoms with E-state index in [0.29, 0.717) is 24.3 Å². The Kier molecular flexibility index (Phi) is 2.57. The summed E-state index contributed by atoms with van der Waals surface area (Å²) >= 11 is 0. The Hall–Kier alpha value is -1.45. The highest BCUT2D eigenvalue weighted by Crippen LogP contribution is 2.67. The maximum absolute atomic E-state index is 12.1. The minimum absolute atomic E-state index is 0.180. The van der Waals surface area contributed by atoms with Crippen molar-refractivity contribution in [1.29, 1.82) is 0 Å². The molecule has 3 saturated carbocycles. The maximum atomic E-state index is 12.1. The molecule has 0 aromatic heterocycles. The summed E-state index contributed by atoms with van der Waals surface area (Å²) < 4.78 is 4.92. The van der Waals surface area contributed by atoms with E-state index in [1.807, 2.05) is 13.8 Å². The van der Waals surface area contributed by atoms with Crippen LogP contribution in [0.2, 0.25) is 0 Å². The molecule has 0 aliphatic heterocycles. The Labute approximate surface area is 118 Å². The smallest absolute Gasteiger partial charge is 0.311 e. The molecule has 4 heteroatoms. The molecule has 3 aliphatic rings. The van der Waals surface area contributed by atoms with Crippen LogP contribution in [0.5, 0.6) is 0 Å². The van der Waals surface area contributed by atoms with Crippen LogP contribution in [-0.4, -0.2) is 24.6 Å². The van der Waals surface area contributed by atoms with Gasteiger partial charge in [0.15, 0.2) is 0 Å². The first-order valence-electron chi connectivity index (χ1n) is 7.12. The van der Waals surface area contributed by atoms with Crippen molar-refractivity contribution in [2.45, 2.75) is 33.1 Å². The zero-order valence-electron chi connectivity index (χ0n) is 12.2. The van der Waals surface area contributed by atoms with Gasteiger partial charge >= 0.3 is 5.97 Å². The number of fused-ring (bicyclic) bond motifs is 3. The highest BCUT2D eigenvalue weighted by molar-refractivity contribution is 6.47. The van der Waals surface area contributed by atoms with Crippen LogP contribution in [0, 0.1) is 28.6 Å². The first-order chi connectivity index (χ1) is 9.25. The van der Waals surface area contributed by atoms with E-state index in [9.17, 15) is 14.4 Å². The van der Waals surface area contributed by atoms with Gasteiger partial charge in [-0.1, -0.05) is 13.5 Å². The quantitative estimate of drug-likeness (QED) is 0.417. The molecule has 0 N–H and O–H groups in total. The third-order valence-corrected chi connectivity index (χ3v) is 6.13. The summed E-state index contributed by atoms with van der Waals surface area (Å²) in [6, 6.07) is 0. The molecule has 0 aromatic carbocycles. The number of ether oxygens (including phenoxy) is 1.